The lowest BCUT2D eigenvalue weighted by Crippen LogP contribution is -2.47. The second-order valence-corrected chi connectivity index (χ2v) is 6.91. The van der Waals surface area contributed by atoms with Crippen LogP contribution in [0.3, 0.4) is 0 Å². The molecule has 2 aliphatic rings. The summed E-state index contributed by atoms with van der Waals surface area (Å²) in [4.78, 5) is 20.1. The van der Waals surface area contributed by atoms with Gasteiger partial charge in [-0.1, -0.05) is 6.07 Å². The molecule has 0 spiro atoms. The molecule has 6 nitrogen and oxygen atoms in total. The Morgan fingerprint density at radius 3 is 3.04 bits per heavy atom. The van der Waals surface area contributed by atoms with Gasteiger partial charge in [0.15, 0.2) is 0 Å². The van der Waals surface area contributed by atoms with E-state index in [-0.39, 0.29) is 18.6 Å². The highest BCUT2D eigenvalue weighted by Crippen LogP contribution is 2.35. The van der Waals surface area contributed by atoms with Crippen LogP contribution in [0, 0.1) is 5.92 Å². The molecule has 6 heteroatoms. The van der Waals surface area contributed by atoms with Gasteiger partial charge in [-0.15, -0.1) is 0 Å². The number of carbonyl (C=O) groups excluding carboxylic acids is 1. The molecule has 1 aromatic rings. The molecular weight excluding hydrogens is 306 g/mol. The highest BCUT2D eigenvalue weighted by Gasteiger charge is 2.41. The fraction of sp³-hybridized carbons (Fsp3) is 0.667. The van der Waals surface area contributed by atoms with Gasteiger partial charge in [0.2, 0.25) is 5.91 Å². The van der Waals surface area contributed by atoms with Crippen molar-refractivity contribution in [2.75, 3.05) is 40.5 Å². The Morgan fingerprint density at radius 1 is 1.42 bits per heavy atom. The van der Waals surface area contributed by atoms with E-state index in [4.69, 9.17) is 9.47 Å². The van der Waals surface area contributed by atoms with Crippen LogP contribution in [0.5, 0.6) is 0 Å². The minimum atomic E-state index is 0.0124. The minimum absolute atomic E-state index is 0.0124. The van der Waals surface area contributed by atoms with Crippen molar-refractivity contribution in [3.8, 4) is 0 Å². The summed E-state index contributed by atoms with van der Waals surface area (Å²) >= 11 is 0. The Balaban J connectivity index is 1.50. The third-order valence-electron chi connectivity index (χ3n) is 4.92. The zero-order valence-corrected chi connectivity index (χ0v) is 14.6. The number of pyridine rings is 1. The van der Waals surface area contributed by atoms with Crippen LogP contribution in [0.1, 0.15) is 18.5 Å². The third-order valence-corrected chi connectivity index (χ3v) is 4.92. The number of hydrogen-bond acceptors (Lipinski definition) is 5. The molecule has 2 fully saturated rings. The largest absolute Gasteiger partial charge is 0.375 e. The normalized spacial score (nSPS) is 27.0. The minimum Gasteiger partial charge on any atom is -0.375 e. The summed E-state index contributed by atoms with van der Waals surface area (Å²) in [6.07, 6.45) is 4.20. The summed E-state index contributed by atoms with van der Waals surface area (Å²) in [7, 11) is 3.50. The number of amides is 1. The zero-order valence-electron chi connectivity index (χ0n) is 14.6. The molecule has 0 aromatic carbocycles. The van der Waals surface area contributed by atoms with Gasteiger partial charge in [0.1, 0.15) is 6.61 Å². The maximum atomic E-state index is 11.6. The first-order valence-electron chi connectivity index (χ1n) is 8.67. The fourth-order valence-electron chi connectivity index (χ4n) is 3.60. The predicted molar refractivity (Wildman–Crippen MR) is 90.4 cm³/mol. The number of hydrogen-bond donors (Lipinski definition) is 0. The summed E-state index contributed by atoms with van der Waals surface area (Å²) in [5, 5.41) is 0. The average molecular weight is 333 g/mol. The van der Waals surface area contributed by atoms with Crippen molar-refractivity contribution in [3.63, 3.8) is 0 Å². The van der Waals surface area contributed by atoms with E-state index < -0.39 is 0 Å². The summed E-state index contributed by atoms with van der Waals surface area (Å²) in [5.41, 5.74) is 1.11. The number of nitrogens with zero attached hydrogens (tertiary/aromatic N) is 3. The van der Waals surface area contributed by atoms with Gasteiger partial charge in [-0.05, 0) is 30.9 Å². The highest BCUT2D eigenvalue weighted by molar-refractivity contribution is 5.76. The fourth-order valence-corrected chi connectivity index (χ4v) is 3.60. The smallest absolute Gasteiger partial charge is 0.248 e. The van der Waals surface area contributed by atoms with E-state index in [1.807, 2.05) is 18.3 Å². The topological polar surface area (TPSA) is 54.9 Å². The van der Waals surface area contributed by atoms with Crippen molar-refractivity contribution >= 4 is 5.91 Å². The lowest BCUT2D eigenvalue weighted by molar-refractivity contribution is -0.134. The number of likely N-dealkylation sites (N-methyl/N-ethyl adjacent to an activating group) is 1. The maximum Gasteiger partial charge on any atom is 0.248 e. The molecule has 3 atom stereocenters. The van der Waals surface area contributed by atoms with Crippen molar-refractivity contribution in [2.45, 2.75) is 31.5 Å². The Labute approximate surface area is 143 Å². The quantitative estimate of drug-likeness (QED) is 0.782. The van der Waals surface area contributed by atoms with E-state index in [2.05, 4.69) is 16.0 Å². The number of aromatic nitrogens is 1. The second-order valence-electron chi connectivity index (χ2n) is 6.91. The average Bonchev–Trinajstić information content (AvgIpc) is 2.99. The molecule has 1 aliphatic heterocycles. The number of rotatable bonds is 6. The summed E-state index contributed by atoms with van der Waals surface area (Å²) in [6.45, 7) is 3.40. The lowest BCUT2D eigenvalue weighted by atomic mass is 10.1. The molecule has 2 heterocycles. The molecular formula is C18H27N3O3. The van der Waals surface area contributed by atoms with Gasteiger partial charge in [-0.25, -0.2) is 0 Å². The lowest BCUT2D eigenvalue weighted by Gasteiger charge is -2.37. The maximum absolute atomic E-state index is 11.6. The zero-order chi connectivity index (χ0) is 16.9. The van der Waals surface area contributed by atoms with Crippen LogP contribution in [-0.2, 0) is 20.8 Å². The van der Waals surface area contributed by atoms with Crippen LogP contribution >= 0.6 is 0 Å². The third kappa shape index (κ3) is 4.32. The number of carbonyl (C=O) groups is 1. The Bertz CT molecular complexity index is 538. The number of ether oxygens (including phenoxy) is 2. The number of morpholine rings is 1. The van der Waals surface area contributed by atoms with E-state index in [1.165, 1.54) is 0 Å². The van der Waals surface area contributed by atoms with Gasteiger partial charge in [0.25, 0.3) is 0 Å². The molecule has 1 saturated heterocycles. The van der Waals surface area contributed by atoms with Crippen LogP contribution in [0.2, 0.25) is 0 Å². The Morgan fingerprint density at radius 2 is 2.29 bits per heavy atom. The Hall–Kier alpha value is -1.50. The predicted octanol–water partition coefficient (Wildman–Crippen LogP) is 1.17. The van der Waals surface area contributed by atoms with Crippen molar-refractivity contribution in [1.29, 1.82) is 0 Å². The van der Waals surface area contributed by atoms with E-state index in [0.29, 0.717) is 18.6 Å². The first-order valence-corrected chi connectivity index (χ1v) is 8.67. The van der Waals surface area contributed by atoms with Crippen LogP contribution in [0.4, 0.5) is 0 Å². The number of fused-ring (bicyclic) bond motifs is 1. The molecule has 0 bridgehead atoms. The van der Waals surface area contributed by atoms with Crippen LogP contribution in [0.15, 0.2) is 24.4 Å². The van der Waals surface area contributed by atoms with Gasteiger partial charge < -0.3 is 14.4 Å². The molecule has 0 unspecified atom stereocenters. The summed E-state index contributed by atoms with van der Waals surface area (Å²) < 4.78 is 11.6. The highest BCUT2D eigenvalue weighted by atomic mass is 16.5. The van der Waals surface area contributed by atoms with Crippen molar-refractivity contribution in [3.05, 3.63) is 30.1 Å². The summed E-state index contributed by atoms with van der Waals surface area (Å²) in [5.74, 6) is 0.470. The summed E-state index contributed by atoms with van der Waals surface area (Å²) in [6, 6.07) is 6.49. The van der Waals surface area contributed by atoms with Crippen LogP contribution < -0.4 is 0 Å². The van der Waals surface area contributed by atoms with E-state index >= 15 is 0 Å². The monoisotopic (exact) mass is 333 g/mol. The molecule has 3 rings (SSSR count). The van der Waals surface area contributed by atoms with Gasteiger partial charge in [-0.3, -0.25) is 14.7 Å². The van der Waals surface area contributed by atoms with Gasteiger partial charge in [0, 0.05) is 39.4 Å². The first-order chi connectivity index (χ1) is 11.6. The van der Waals surface area contributed by atoms with Gasteiger partial charge >= 0.3 is 0 Å². The molecule has 1 amide bonds. The van der Waals surface area contributed by atoms with Crippen molar-refractivity contribution in [1.82, 2.24) is 14.8 Å². The molecule has 1 aliphatic carbocycles. The molecule has 1 aromatic heterocycles. The van der Waals surface area contributed by atoms with E-state index in [0.717, 1.165) is 38.2 Å². The molecule has 132 valence electrons. The Kier molecular flexibility index (Phi) is 5.81. The van der Waals surface area contributed by atoms with Crippen molar-refractivity contribution in [2.24, 2.45) is 5.92 Å². The van der Waals surface area contributed by atoms with Gasteiger partial charge in [0.05, 0.1) is 25.0 Å². The second kappa shape index (κ2) is 8.05. The molecule has 1 saturated carbocycles. The van der Waals surface area contributed by atoms with Crippen molar-refractivity contribution < 1.29 is 14.3 Å². The van der Waals surface area contributed by atoms with Crippen LogP contribution in [-0.4, -0.2) is 73.3 Å². The first kappa shape index (κ1) is 17.3. The SMILES string of the molecule is CN(C)C(=O)COC[C@@H]1C[C@@H]2OCCN(Cc3ccccn3)[C@H]2C1. The van der Waals surface area contributed by atoms with Crippen LogP contribution in [0.25, 0.3) is 0 Å². The molecule has 0 N–H and O–H groups in total. The molecule has 24 heavy (non-hydrogen) atoms. The van der Waals surface area contributed by atoms with Gasteiger partial charge in [-0.2, -0.15) is 0 Å². The van der Waals surface area contributed by atoms with E-state index in [1.54, 1.807) is 19.0 Å². The standard InChI is InChI=1S/C18H27N3O3/c1-20(2)18(22)13-23-12-14-9-16-17(10-14)24-8-7-21(16)11-15-5-3-4-6-19-15/h3-6,14,16-17H,7-13H2,1-2H3/t14-,16-,17-/m0/s1. The molecule has 0 radical (unpaired) electrons. The van der Waals surface area contributed by atoms with E-state index in [9.17, 15) is 4.79 Å².